The lowest BCUT2D eigenvalue weighted by Crippen LogP contribution is -2.28. The van der Waals surface area contributed by atoms with E-state index >= 15 is 0 Å². The zero-order valence-electron chi connectivity index (χ0n) is 10.9. The van der Waals surface area contributed by atoms with Gasteiger partial charge in [0.1, 0.15) is 0 Å². The molecular formula is C11H23N3O4. The number of carbonyl (C=O) groups excluding carboxylic acids is 2. The molecule has 0 spiro atoms. The Morgan fingerprint density at radius 2 is 1.61 bits per heavy atom. The van der Waals surface area contributed by atoms with Crippen molar-refractivity contribution >= 4 is 11.8 Å². The number of carbonyl (C=O) groups is 2. The van der Waals surface area contributed by atoms with Crippen molar-refractivity contribution in [2.75, 3.05) is 46.6 Å². The summed E-state index contributed by atoms with van der Waals surface area (Å²) in [5.74, 6) is -0.664. The van der Waals surface area contributed by atoms with E-state index in [9.17, 15) is 9.59 Å². The van der Waals surface area contributed by atoms with Gasteiger partial charge >= 0.3 is 0 Å². The number of nitrogens with two attached hydrogens (primary N) is 1. The average Bonchev–Trinajstić information content (AvgIpc) is 2.34. The van der Waals surface area contributed by atoms with E-state index in [0.29, 0.717) is 33.0 Å². The molecule has 0 rings (SSSR count). The molecule has 0 saturated heterocycles. The van der Waals surface area contributed by atoms with Crippen molar-refractivity contribution in [1.29, 1.82) is 0 Å². The minimum atomic E-state index is -0.472. The molecule has 106 valence electrons. The summed E-state index contributed by atoms with van der Waals surface area (Å²) in [6.07, 6.45) is 0.203. The van der Waals surface area contributed by atoms with Crippen molar-refractivity contribution in [3.05, 3.63) is 0 Å². The van der Waals surface area contributed by atoms with Crippen LogP contribution in [-0.2, 0) is 19.1 Å². The SMILES string of the molecule is CNCCOCCOCCNC(=O)CCC(N)=O. The molecule has 0 aliphatic rings. The number of ether oxygens (including phenoxy) is 2. The van der Waals surface area contributed by atoms with E-state index in [1.54, 1.807) is 0 Å². The van der Waals surface area contributed by atoms with Gasteiger partial charge in [-0.2, -0.15) is 0 Å². The molecule has 0 aliphatic carbocycles. The lowest BCUT2D eigenvalue weighted by molar-refractivity contribution is -0.125. The average molecular weight is 261 g/mol. The summed E-state index contributed by atoms with van der Waals surface area (Å²) in [6, 6.07) is 0. The number of amides is 2. The molecule has 0 aromatic carbocycles. The van der Waals surface area contributed by atoms with E-state index in [4.69, 9.17) is 15.2 Å². The first-order chi connectivity index (χ1) is 8.66. The molecule has 0 aromatic heterocycles. The lowest BCUT2D eigenvalue weighted by atomic mass is 10.3. The molecule has 2 amide bonds. The molecule has 7 nitrogen and oxygen atoms in total. The van der Waals surface area contributed by atoms with Crippen molar-refractivity contribution < 1.29 is 19.1 Å². The molecule has 0 radical (unpaired) electrons. The molecule has 7 heteroatoms. The quantitative estimate of drug-likeness (QED) is 0.376. The number of rotatable bonds is 12. The van der Waals surface area contributed by atoms with Gasteiger partial charge in [0.25, 0.3) is 0 Å². The van der Waals surface area contributed by atoms with E-state index in [2.05, 4.69) is 10.6 Å². The van der Waals surface area contributed by atoms with Crippen molar-refractivity contribution in [2.24, 2.45) is 5.73 Å². The van der Waals surface area contributed by atoms with Gasteiger partial charge in [0, 0.05) is 25.9 Å². The third kappa shape index (κ3) is 12.9. The van der Waals surface area contributed by atoms with Crippen LogP contribution in [0.15, 0.2) is 0 Å². The Bertz CT molecular complexity index is 236. The van der Waals surface area contributed by atoms with Gasteiger partial charge in [-0.25, -0.2) is 0 Å². The van der Waals surface area contributed by atoms with E-state index in [1.165, 1.54) is 0 Å². The second-order valence-corrected chi connectivity index (χ2v) is 3.64. The summed E-state index contributed by atoms with van der Waals surface area (Å²) < 4.78 is 10.5. The van der Waals surface area contributed by atoms with Gasteiger partial charge in [-0.05, 0) is 7.05 Å². The van der Waals surface area contributed by atoms with Gasteiger partial charge < -0.3 is 25.8 Å². The minimum Gasteiger partial charge on any atom is -0.378 e. The summed E-state index contributed by atoms with van der Waals surface area (Å²) in [7, 11) is 1.86. The number of primary amides is 1. The Labute approximate surface area is 107 Å². The smallest absolute Gasteiger partial charge is 0.220 e. The Balaban J connectivity index is 3.15. The van der Waals surface area contributed by atoms with Crippen LogP contribution in [0.3, 0.4) is 0 Å². The normalized spacial score (nSPS) is 10.3. The molecular weight excluding hydrogens is 238 g/mol. The number of hydrogen-bond donors (Lipinski definition) is 3. The van der Waals surface area contributed by atoms with Crippen LogP contribution in [0, 0.1) is 0 Å². The number of nitrogens with one attached hydrogen (secondary N) is 2. The lowest BCUT2D eigenvalue weighted by Gasteiger charge is -2.06. The van der Waals surface area contributed by atoms with E-state index in [-0.39, 0.29) is 18.7 Å². The summed E-state index contributed by atoms with van der Waals surface area (Å²) in [6.45, 7) is 3.36. The van der Waals surface area contributed by atoms with E-state index < -0.39 is 5.91 Å². The third-order valence-corrected chi connectivity index (χ3v) is 2.04. The number of likely N-dealkylation sites (N-methyl/N-ethyl adjacent to an activating group) is 1. The highest BCUT2D eigenvalue weighted by Crippen LogP contribution is 1.86. The second-order valence-electron chi connectivity index (χ2n) is 3.64. The first kappa shape index (κ1) is 16.8. The Morgan fingerprint density at radius 3 is 2.17 bits per heavy atom. The molecule has 18 heavy (non-hydrogen) atoms. The summed E-state index contributed by atoms with van der Waals surface area (Å²) >= 11 is 0. The Morgan fingerprint density at radius 1 is 1.00 bits per heavy atom. The maximum atomic E-state index is 11.1. The molecule has 0 aromatic rings. The molecule has 0 saturated carbocycles. The summed E-state index contributed by atoms with van der Waals surface area (Å²) in [5, 5.41) is 5.59. The predicted molar refractivity (Wildman–Crippen MR) is 67.0 cm³/mol. The van der Waals surface area contributed by atoms with Crippen LogP contribution in [0.2, 0.25) is 0 Å². The van der Waals surface area contributed by atoms with Crippen molar-refractivity contribution in [3.8, 4) is 0 Å². The second kappa shape index (κ2) is 12.3. The van der Waals surface area contributed by atoms with Gasteiger partial charge in [0.2, 0.25) is 11.8 Å². The standard InChI is InChI=1S/C11H23N3O4/c1-13-4-6-17-8-9-18-7-5-14-11(16)3-2-10(12)15/h13H,2-9H2,1H3,(H2,12,15)(H,14,16). The molecule has 0 unspecified atom stereocenters. The zero-order valence-corrected chi connectivity index (χ0v) is 10.9. The molecule has 0 atom stereocenters. The third-order valence-electron chi connectivity index (χ3n) is 2.04. The highest BCUT2D eigenvalue weighted by molar-refractivity contribution is 5.82. The molecule has 0 aliphatic heterocycles. The Kier molecular flexibility index (Phi) is 11.5. The van der Waals surface area contributed by atoms with Crippen LogP contribution in [0.4, 0.5) is 0 Å². The van der Waals surface area contributed by atoms with Gasteiger partial charge in [-0.1, -0.05) is 0 Å². The maximum Gasteiger partial charge on any atom is 0.220 e. The summed E-state index contributed by atoms with van der Waals surface area (Å²) in [4.78, 5) is 21.6. The van der Waals surface area contributed by atoms with Crippen LogP contribution in [0.1, 0.15) is 12.8 Å². The number of hydrogen-bond acceptors (Lipinski definition) is 5. The molecule has 0 heterocycles. The van der Waals surface area contributed by atoms with Crippen LogP contribution in [-0.4, -0.2) is 58.4 Å². The monoisotopic (exact) mass is 261 g/mol. The van der Waals surface area contributed by atoms with Gasteiger partial charge in [0.05, 0.1) is 26.4 Å². The topological polar surface area (TPSA) is 103 Å². The van der Waals surface area contributed by atoms with Crippen LogP contribution in [0.5, 0.6) is 0 Å². The maximum absolute atomic E-state index is 11.1. The van der Waals surface area contributed by atoms with Crippen LogP contribution in [0.25, 0.3) is 0 Å². The highest BCUT2D eigenvalue weighted by Gasteiger charge is 2.02. The van der Waals surface area contributed by atoms with Crippen molar-refractivity contribution in [1.82, 2.24) is 10.6 Å². The first-order valence-corrected chi connectivity index (χ1v) is 6.02. The van der Waals surface area contributed by atoms with E-state index in [1.807, 2.05) is 7.05 Å². The zero-order chi connectivity index (χ0) is 13.6. The van der Waals surface area contributed by atoms with Crippen LogP contribution >= 0.6 is 0 Å². The predicted octanol–water partition coefficient (Wildman–Crippen LogP) is -1.38. The van der Waals surface area contributed by atoms with Crippen molar-refractivity contribution in [2.45, 2.75) is 12.8 Å². The molecule has 0 bridgehead atoms. The van der Waals surface area contributed by atoms with Crippen molar-refractivity contribution in [3.63, 3.8) is 0 Å². The molecule has 0 fully saturated rings. The molecule has 4 N–H and O–H groups in total. The fraction of sp³-hybridized carbons (Fsp3) is 0.818. The van der Waals surface area contributed by atoms with Gasteiger partial charge in [0.15, 0.2) is 0 Å². The minimum absolute atomic E-state index is 0.0754. The largest absolute Gasteiger partial charge is 0.378 e. The van der Waals surface area contributed by atoms with E-state index in [0.717, 1.165) is 6.54 Å². The highest BCUT2D eigenvalue weighted by atomic mass is 16.5. The van der Waals surface area contributed by atoms with Gasteiger partial charge in [-0.3, -0.25) is 9.59 Å². The van der Waals surface area contributed by atoms with Gasteiger partial charge in [-0.15, -0.1) is 0 Å². The first-order valence-electron chi connectivity index (χ1n) is 6.02. The van der Waals surface area contributed by atoms with Crippen LogP contribution < -0.4 is 16.4 Å². The Hall–Kier alpha value is -1.18. The fourth-order valence-electron chi connectivity index (χ4n) is 1.08. The fourth-order valence-corrected chi connectivity index (χ4v) is 1.08. The summed E-state index contributed by atoms with van der Waals surface area (Å²) in [5.41, 5.74) is 4.92.